The van der Waals surface area contributed by atoms with Crippen LogP contribution in [-0.4, -0.2) is 44.7 Å². The van der Waals surface area contributed by atoms with Crippen LogP contribution < -0.4 is 0 Å². The molecular weight excluding hydrogens is 320 g/mol. The summed E-state index contributed by atoms with van der Waals surface area (Å²) in [4.78, 5) is 10.4. The second-order valence-electron chi connectivity index (χ2n) is 6.30. The van der Waals surface area contributed by atoms with Crippen molar-refractivity contribution in [2.45, 2.75) is 83.0 Å². The summed E-state index contributed by atoms with van der Waals surface area (Å²) in [5, 5.41) is 37.4. The van der Waals surface area contributed by atoms with Crippen LogP contribution in [0.2, 0.25) is 0 Å². The van der Waals surface area contributed by atoms with E-state index < -0.39 is 18.2 Å². The highest BCUT2D eigenvalue weighted by Crippen LogP contribution is 2.07. The molecule has 25 heavy (non-hydrogen) atoms. The van der Waals surface area contributed by atoms with Gasteiger partial charge in [-0.15, -0.1) is 0 Å². The van der Waals surface area contributed by atoms with Gasteiger partial charge in [-0.3, -0.25) is 4.79 Å². The zero-order valence-electron chi connectivity index (χ0n) is 15.3. The van der Waals surface area contributed by atoms with Gasteiger partial charge in [0.25, 0.3) is 0 Å². The van der Waals surface area contributed by atoms with Crippen LogP contribution in [-0.2, 0) is 4.79 Å². The molecule has 0 amide bonds. The van der Waals surface area contributed by atoms with Crippen molar-refractivity contribution in [3.8, 4) is 0 Å². The van der Waals surface area contributed by atoms with Gasteiger partial charge >= 0.3 is 5.97 Å². The summed E-state index contributed by atoms with van der Waals surface area (Å²) >= 11 is 0. The zero-order chi connectivity index (χ0) is 18.9. The van der Waals surface area contributed by atoms with Gasteiger partial charge in [-0.25, -0.2) is 0 Å². The number of unbranched alkanes of at least 4 members (excludes halogenated alkanes) is 3. The van der Waals surface area contributed by atoms with E-state index in [2.05, 4.69) is 13.0 Å². The van der Waals surface area contributed by atoms with E-state index in [0.29, 0.717) is 12.8 Å². The molecule has 0 aliphatic carbocycles. The lowest BCUT2D eigenvalue weighted by atomic mass is 10.1. The first-order valence-electron chi connectivity index (χ1n) is 9.20. The van der Waals surface area contributed by atoms with Crippen LogP contribution >= 0.6 is 0 Å². The number of aliphatic hydroxyl groups is 3. The Morgan fingerprint density at radius 1 is 0.960 bits per heavy atom. The molecule has 0 rings (SSSR count). The molecule has 144 valence electrons. The van der Waals surface area contributed by atoms with Crippen molar-refractivity contribution in [2.75, 3.05) is 0 Å². The molecule has 0 aliphatic rings. The summed E-state index contributed by atoms with van der Waals surface area (Å²) in [5.41, 5.74) is 0. The first-order valence-corrected chi connectivity index (χ1v) is 9.20. The van der Waals surface area contributed by atoms with Crippen LogP contribution in [0.5, 0.6) is 0 Å². The predicted molar refractivity (Wildman–Crippen MR) is 100 cm³/mol. The van der Waals surface area contributed by atoms with Crippen molar-refractivity contribution in [3.63, 3.8) is 0 Å². The smallest absolute Gasteiger partial charge is 0.305 e. The molecule has 0 heterocycles. The lowest BCUT2D eigenvalue weighted by molar-refractivity contribution is -0.139. The maximum atomic E-state index is 10.4. The molecule has 4 N–H and O–H groups in total. The van der Waals surface area contributed by atoms with Crippen LogP contribution in [0.15, 0.2) is 36.5 Å². The number of allylic oxidation sites excluding steroid dienone is 4. The van der Waals surface area contributed by atoms with Gasteiger partial charge in [0.15, 0.2) is 0 Å². The molecule has 0 aliphatic heterocycles. The number of hydrogen-bond donors (Lipinski definition) is 4. The van der Waals surface area contributed by atoms with E-state index in [1.807, 2.05) is 12.2 Å². The number of carboxylic acids is 1. The SMILES string of the molecule is CCCCC/C=C\C[C@@H](O)CC/C=C/C=C\[C@H](O)C[C@H](O)CC(=O)O. The first kappa shape index (κ1) is 23.6. The molecule has 0 aromatic carbocycles. The Bertz CT molecular complexity index is 414. The molecule has 3 atom stereocenters. The van der Waals surface area contributed by atoms with Crippen molar-refractivity contribution >= 4 is 5.97 Å². The summed E-state index contributed by atoms with van der Waals surface area (Å²) in [6.45, 7) is 2.18. The lowest BCUT2D eigenvalue weighted by Crippen LogP contribution is -2.19. The maximum Gasteiger partial charge on any atom is 0.305 e. The van der Waals surface area contributed by atoms with Crippen molar-refractivity contribution in [1.82, 2.24) is 0 Å². The Balaban J connectivity index is 3.77. The fourth-order valence-electron chi connectivity index (χ4n) is 2.30. The average Bonchev–Trinajstić information content (AvgIpc) is 2.53. The van der Waals surface area contributed by atoms with E-state index in [4.69, 9.17) is 5.11 Å². The quantitative estimate of drug-likeness (QED) is 0.205. The van der Waals surface area contributed by atoms with Gasteiger partial charge in [0.2, 0.25) is 0 Å². The lowest BCUT2D eigenvalue weighted by Gasteiger charge is -2.10. The minimum atomic E-state index is -1.09. The van der Waals surface area contributed by atoms with Gasteiger partial charge in [-0.1, -0.05) is 56.2 Å². The molecule has 0 saturated heterocycles. The van der Waals surface area contributed by atoms with Crippen molar-refractivity contribution in [3.05, 3.63) is 36.5 Å². The van der Waals surface area contributed by atoms with Gasteiger partial charge in [-0.2, -0.15) is 0 Å². The number of hydrogen-bond acceptors (Lipinski definition) is 4. The normalized spacial score (nSPS) is 16.0. The van der Waals surface area contributed by atoms with Crippen LogP contribution in [0.4, 0.5) is 0 Å². The first-order chi connectivity index (χ1) is 12.0. The minimum absolute atomic E-state index is 0.0000547. The molecule has 0 bridgehead atoms. The second-order valence-corrected chi connectivity index (χ2v) is 6.30. The third-order valence-corrected chi connectivity index (χ3v) is 3.72. The highest BCUT2D eigenvalue weighted by Gasteiger charge is 2.12. The fourth-order valence-corrected chi connectivity index (χ4v) is 2.30. The molecule has 0 saturated carbocycles. The summed E-state index contributed by atoms with van der Waals surface area (Å²) in [6.07, 6.45) is 15.3. The van der Waals surface area contributed by atoms with E-state index in [-0.39, 0.29) is 18.9 Å². The van der Waals surface area contributed by atoms with E-state index in [1.54, 1.807) is 12.2 Å². The summed E-state index contributed by atoms with van der Waals surface area (Å²) in [5.74, 6) is -1.09. The number of rotatable bonds is 15. The van der Waals surface area contributed by atoms with Crippen molar-refractivity contribution in [1.29, 1.82) is 0 Å². The Morgan fingerprint density at radius 2 is 1.72 bits per heavy atom. The van der Waals surface area contributed by atoms with Crippen LogP contribution in [0.3, 0.4) is 0 Å². The highest BCUT2D eigenvalue weighted by atomic mass is 16.4. The van der Waals surface area contributed by atoms with Crippen molar-refractivity contribution in [2.24, 2.45) is 0 Å². The van der Waals surface area contributed by atoms with E-state index in [0.717, 1.165) is 12.8 Å². The molecular formula is C20H34O5. The summed E-state index contributed by atoms with van der Waals surface area (Å²) in [7, 11) is 0. The van der Waals surface area contributed by atoms with Crippen molar-refractivity contribution < 1.29 is 25.2 Å². The largest absolute Gasteiger partial charge is 0.481 e. The Labute approximate surface area is 151 Å². The zero-order valence-corrected chi connectivity index (χ0v) is 15.3. The van der Waals surface area contributed by atoms with Crippen LogP contribution in [0, 0.1) is 0 Å². The molecule has 5 nitrogen and oxygen atoms in total. The van der Waals surface area contributed by atoms with Crippen LogP contribution in [0.25, 0.3) is 0 Å². The van der Waals surface area contributed by atoms with E-state index in [1.165, 1.54) is 25.3 Å². The van der Waals surface area contributed by atoms with Gasteiger partial charge in [0.1, 0.15) is 0 Å². The maximum absolute atomic E-state index is 10.4. The molecule has 0 unspecified atom stereocenters. The number of aliphatic hydroxyl groups excluding tert-OH is 3. The van der Waals surface area contributed by atoms with Gasteiger partial charge in [-0.05, 0) is 32.1 Å². The monoisotopic (exact) mass is 354 g/mol. The third kappa shape index (κ3) is 17.2. The topological polar surface area (TPSA) is 98.0 Å². The number of carboxylic acid groups (broad SMARTS) is 1. The molecule has 5 heteroatoms. The minimum Gasteiger partial charge on any atom is -0.481 e. The molecule has 0 aromatic rings. The Hall–Kier alpha value is -1.43. The molecule has 0 radical (unpaired) electrons. The van der Waals surface area contributed by atoms with Gasteiger partial charge in [0.05, 0.1) is 24.7 Å². The third-order valence-electron chi connectivity index (χ3n) is 3.72. The predicted octanol–water partition coefficient (Wildman–Crippen LogP) is 3.35. The Morgan fingerprint density at radius 3 is 2.40 bits per heavy atom. The average molecular weight is 354 g/mol. The highest BCUT2D eigenvalue weighted by molar-refractivity contribution is 5.67. The number of aliphatic carboxylic acids is 1. The van der Waals surface area contributed by atoms with Crippen LogP contribution in [0.1, 0.15) is 64.7 Å². The Kier molecular flexibility index (Phi) is 15.1. The number of carbonyl (C=O) groups is 1. The standard InChI is InChI=1S/C20H34O5/c1-2-3-4-5-6-9-12-17(21)13-10-7-8-11-14-18(22)15-19(23)16-20(24)25/h6-9,11,14,17-19,21-23H,2-5,10,12-13,15-16H2,1H3,(H,24,25)/b8-7+,9-6-,14-11-/t17-,18+,19+/m1/s1. The summed E-state index contributed by atoms with van der Waals surface area (Å²) in [6, 6.07) is 0. The molecule has 0 fully saturated rings. The second kappa shape index (κ2) is 16.1. The molecule has 0 spiro atoms. The van der Waals surface area contributed by atoms with E-state index >= 15 is 0 Å². The van der Waals surface area contributed by atoms with Gasteiger partial charge in [0, 0.05) is 6.42 Å². The summed E-state index contributed by atoms with van der Waals surface area (Å²) < 4.78 is 0. The molecule has 0 aromatic heterocycles. The fraction of sp³-hybridized carbons (Fsp3) is 0.650. The van der Waals surface area contributed by atoms with Gasteiger partial charge < -0.3 is 20.4 Å². The van der Waals surface area contributed by atoms with E-state index in [9.17, 15) is 20.1 Å².